The maximum absolute atomic E-state index is 11.1. The lowest BCUT2D eigenvalue weighted by molar-refractivity contribution is -0.131. The molecule has 1 aromatic carbocycles. The first-order chi connectivity index (χ1) is 8.54. The lowest BCUT2D eigenvalue weighted by Gasteiger charge is -2.10. The fraction of sp³-hybridized carbons (Fsp3) is 0.167. The Morgan fingerprint density at radius 1 is 1.50 bits per heavy atom. The Morgan fingerprint density at radius 2 is 2.22 bits per heavy atom. The second-order valence-electron chi connectivity index (χ2n) is 3.29. The summed E-state index contributed by atoms with van der Waals surface area (Å²) >= 11 is 3.29. The molecule has 96 valence electrons. The fourth-order valence-electron chi connectivity index (χ4n) is 1.18. The van der Waals surface area contributed by atoms with E-state index in [0.717, 1.165) is 6.08 Å². The van der Waals surface area contributed by atoms with Crippen LogP contribution in [-0.4, -0.2) is 30.6 Å². The molecule has 0 aliphatic heterocycles. The zero-order valence-corrected chi connectivity index (χ0v) is 11.2. The highest BCUT2D eigenvalue weighted by molar-refractivity contribution is 9.10. The van der Waals surface area contributed by atoms with Gasteiger partial charge in [0.15, 0.2) is 6.61 Å². The lowest BCUT2D eigenvalue weighted by Crippen LogP contribution is -2.25. The molecule has 0 unspecified atom stereocenters. The topological polar surface area (TPSA) is 75.6 Å². The number of benzene rings is 1. The number of hydrogen-bond donors (Lipinski definition) is 2. The Morgan fingerprint density at radius 3 is 2.83 bits per heavy atom. The number of ether oxygens (including phenoxy) is 1. The number of aliphatic carboxylic acids is 1. The number of likely N-dealkylation sites (N-methyl/N-ethyl adjacent to an activating group) is 1. The average Bonchev–Trinajstić information content (AvgIpc) is 2.34. The van der Waals surface area contributed by atoms with Gasteiger partial charge in [-0.1, -0.05) is 12.1 Å². The van der Waals surface area contributed by atoms with Crippen LogP contribution in [0.4, 0.5) is 0 Å². The molecular weight excluding hydrogens is 302 g/mol. The van der Waals surface area contributed by atoms with E-state index >= 15 is 0 Å². The molecule has 5 nitrogen and oxygen atoms in total. The Bertz CT molecular complexity index is 485. The maximum atomic E-state index is 11.1. The molecule has 18 heavy (non-hydrogen) atoms. The first-order valence-electron chi connectivity index (χ1n) is 5.07. The summed E-state index contributed by atoms with van der Waals surface area (Å²) in [6.07, 6.45) is 2.42. The van der Waals surface area contributed by atoms with Crippen LogP contribution in [0.15, 0.2) is 28.7 Å². The van der Waals surface area contributed by atoms with Gasteiger partial charge in [0.1, 0.15) is 5.75 Å². The average molecular weight is 314 g/mol. The molecule has 0 fully saturated rings. The highest BCUT2D eigenvalue weighted by Gasteiger charge is 2.08. The van der Waals surface area contributed by atoms with Crippen LogP contribution in [-0.2, 0) is 9.59 Å². The number of amides is 1. The molecule has 0 radical (unpaired) electrons. The Labute approximate surface area is 113 Å². The highest BCUT2D eigenvalue weighted by Crippen LogP contribution is 2.29. The van der Waals surface area contributed by atoms with Gasteiger partial charge in [-0.05, 0) is 28.1 Å². The third kappa shape index (κ3) is 4.21. The Kier molecular flexibility index (Phi) is 5.38. The molecule has 0 saturated carbocycles. The standard InChI is InChI=1S/C12H12BrNO4/c1-14-10(15)7-18-12-8(5-6-11(16)17)3-2-4-9(12)13/h2-6H,7H2,1H3,(H,14,15)(H,16,17)/b6-5+. The minimum atomic E-state index is -1.05. The number of carbonyl (C=O) groups excluding carboxylic acids is 1. The summed E-state index contributed by atoms with van der Waals surface area (Å²) in [5, 5.41) is 11.0. The number of carbonyl (C=O) groups is 2. The maximum Gasteiger partial charge on any atom is 0.328 e. The van der Waals surface area contributed by atoms with E-state index < -0.39 is 5.97 Å². The van der Waals surface area contributed by atoms with E-state index in [1.165, 1.54) is 13.1 Å². The quantitative estimate of drug-likeness (QED) is 0.811. The largest absolute Gasteiger partial charge is 0.482 e. The van der Waals surface area contributed by atoms with Crippen molar-refractivity contribution >= 4 is 33.9 Å². The third-order valence-electron chi connectivity index (χ3n) is 2.03. The van der Waals surface area contributed by atoms with Crippen molar-refractivity contribution in [1.82, 2.24) is 5.32 Å². The van der Waals surface area contributed by atoms with Gasteiger partial charge < -0.3 is 15.2 Å². The summed E-state index contributed by atoms with van der Waals surface area (Å²) in [7, 11) is 1.51. The van der Waals surface area contributed by atoms with E-state index in [0.29, 0.717) is 15.8 Å². The van der Waals surface area contributed by atoms with Crippen molar-refractivity contribution < 1.29 is 19.4 Å². The first-order valence-corrected chi connectivity index (χ1v) is 5.86. The Hall–Kier alpha value is -1.82. The van der Waals surface area contributed by atoms with Crippen molar-refractivity contribution in [3.8, 4) is 5.75 Å². The summed E-state index contributed by atoms with van der Waals surface area (Å²) in [4.78, 5) is 21.6. The van der Waals surface area contributed by atoms with E-state index in [1.807, 2.05) is 0 Å². The van der Waals surface area contributed by atoms with Crippen molar-refractivity contribution in [2.45, 2.75) is 0 Å². The number of halogens is 1. The van der Waals surface area contributed by atoms with Gasteiger partial charge in [-0.2, -0.15) is 0 Å². The fourth-order valence-corrected chi connectivity index (χ4v) is 1.68. The van der Waals surface area contributed by atoms with Gasteiger partial charge in [0, 0.05) is 18.7 Å². The molecule has 0 saturated heterocycles. The van der Waals surface area contributed by atoms with Crippen molar-refractivity contribution in [2.75, 3.05) is 13.7 Å². The molecule has 1 amide bonds. The predicted molar refractivity (Wildman–Crippen MR) is 70.4 cm³/mol. The van der Waals surface area contributed by atoms with Gasteiger partial charge in [-0.3, -0.25) is 4.79 Å². The molecule has 0 bridgehead atoms. The van der Waals surface area contributed by atoms with Crippen LogP contribution in [0.25, 0.3) is 6.08 Å². The van der Waals surface area contributed by atoms with Crippen molar-refractivity contribution in [3.63, 3.8) is 0 Å². The smallest absolute Gasteiger partial charge is 0.328 e. The number of hydrogen-bond acceptors (Lipinski definition) is 3. The van der Waals surface area contributed by atoms with Crippen LogP contribution < -0.4 is 10.1 Å². The molecule has 1 aromatic rings. The lowest BCUT2D eigenvalue weighted by atomic mass is 10.2. The molecule has 0 heterocycles. The predicted octanol–water partition coefficient (Wildman–Crippen LogP) is 1.67. The van der Waals surface area contributed by atoms with Crippen LogP contribution in [0.5, 0.6) is 5.75 Å². The van der Waals surface area contributed by atoms with E-state index in [1.54, 1.807) is 18.2 Å². The second-order valence-corrected chi connectivity index (χ2v) is 4.15. The molecule has 0 aliphatic rings. The molecule has 1 rings (SSSR count). The molecule has 0 spiro atoms. The molecule has 0 aliphatic carbocycles. The molecule has 0 aromatic heterocycles. The van der Waals surface area contributed by atoms with E-state index in [-0.39, 0.29) is 12.5 Å². The monoisotopic (exact) mass is 313 g/mol. The SMILES string of the molecule is CNC(=O)COc1c(Br)cccc1/C=C/C(=O)O. The van der Waals surface area contributed by atoms with Crippen LogP contribution in [0.3, 0.4) is 0 Å². The van der Waals surface area contributed by atoms with E-state index in [9.17, 15) is 9.59 Å². The number of carboxylic acids is 1. The van der Waals surface area contributed by atoms with Crippen LogP contribution in [0.2, 0.25) is 0 Å². The van der Waals surface area contributed by atoms with Gasteiger partial charge >= 0.3 is 5.97 Å². The number of rotatable bonds is 5. The zero-order valence-electron chi connectivity index (χ0n) is 9.64. The number of nitrogens with one attached hydrogen (secondary N) is 1. The van der Waals surface area contributed by atoms with Gasteiger partial charge in [0.2, 0.25) is 0 Å². The van der Waals surface area contributed by atoms with Gasteiger partial charge in [-0.25, -0.2) is 4.79 Å². The van der Waals surface area contributed by atoms with Crippen molar-refractivity contribution in [2.24, 2.45) is 0 Å². The van der Waals surface area contributed by atoms with E-state index in [4.69, 9.17) is 9.84 Å². The Balaban J connectivity index is 2.93. The van der Waals surface area contributed by atoms with Crippen LogP contribution >= 0.6 is 15.9 Å². The first kappa shape index (κ1) is 14.2. The third-order valence-corrected chi connectivity index (χ3v) is 2.65. The van der Waals surface area contributed by atoms with Gasteiger partial charge in [0.25, 0.3) is 5.91 Å². The number of para-hydroxylation sites is 1. The summed E-state index contributed by atoms with van der Waals surface area (Å²) < 4.78 is 6.00. The summed E-state index contributed by atoms with van der Waals surface area (Å²) in [6, 6.07) is 5.19. The minimum Gasteiger partial charge on any atom is -0.482 e. The normalized spacial score (nSPS) is 10.3. The van der Waals surface area contributed by atoms with Crippen molar-refractivity contribution in [3.05, 3.63) is 34.3 Å². The van der Waals surface area contributed by atoms with E-state index in [2.05, 4.69) is 21.2 Å². The molecule has 2 N–H and O–H groups in total. The molecule has 0 atom stereocenters. The number of carboxylic acid groups (broad SMARTS) is 1. The minimum absolute atomic E-state index is 0.132. The highest BCUT2D eigenvalue weighted by atomic mass is 79.9. The zero-order chi connectivity index (χ0) is 13.5. The molecule has 6 heteroatoms. The van der Waals surface area contributed by atoms with Crippen LogP contribution in [0, 0.1) is 0 Å². The molecular formula is C12H12BrNO4. The van der Waals surface area contributed by atoms with Gasteiger partial charge in [0.05, 0.1) is 4.47 Å². The summed E-state index contributed by atoms with van der Waals surface area (Å²) in [6.45, 7) is -0.132. The van der Waals surface area contributed by atoms with Crippen LogP contribution in [0.1, 0.15) is 5.56 Å². The second kappa shape index (κ2) is 6.80. The summed E-state index contributed by atoms with van der Waals surface area (Å²) in [5.41, 5.74) is 0.579. The van der Waals surface area contributed by atoms with Gasteiger partial charge in [-0.15, -0.1) is 0 Å². The summed E-state index contributed by atoms with van der Waals surface area (Å²) in [5.74, 6) is -0.884. The van der Waals surface area contributed by atoms with Crippen molar-refractivity contribution in [1.29, 1.82) is 0 Å².